The third-order valence-corrected chi connectivity index (χ3v) is 5.28. The first-order chi connectivity index (χ1) is 13.8. The average molecular weight is 370 g/mol. The molecule has 3 aromatic heterocycles. The van der Waals surface area contributed by atoms with E-state index in [4.69, 9.17) is 13.6 Å². The summed E-state index contributed by atoms with van der Waals surface area (Å²) >= 11 is 0. The summed E-state index contributed by atoms with van der Waals surface area (Å²) in [4.78, 5) is 20.8. The van der Waals surface area contributed by atoms with Gasteiger partial charge in [0.05, 0.1) is 0 Å². The first-order valence-electron chi connectivity index (χ1n) is 9.16. The Kier molecular flexibility index (Phi) is 3.11. The molecule has 28 heavy (non-hydrogen) atoms. The summed E-state index contributed by atoms with van der Waals surface area (Å²) < 4.78 is 17.4. The normalized spacial score (nSPS) is 13.4. The van der Waals surface area contributed by atoms with Gasteiger partial charge in [-0.2, -0.15) is 4.98 Å². The van der Waals surface area contributed by atoms with Crippen LogP contribution in [0.1, 0.15) is 17.5 Å². The van der Waals surface area contributed by atoms with E-state index >= 15 is 0 Å². The van der Waals surface area contributed by atoms with Crippen LogP contribution in [0.15, 0.2) is 62.4 Å². The molecule has 5 aromatic rings. The largest absolute Gasteiger partial charge is 0.449 e. The summed E-state index contributed by atoms with van der Waals surface area (Å²) in [5, 5.41) is 1.88. The summed E-state index contributed by atoms with van der Waals surface area (Å²) in [6, 6.07) is 13.2. The fourth-order valence-electron chi connectivity index (χ4n) is 4.01. The Bertz CT molecular complexity index is 1450. The van der Waals surface area contributed by atoms with Crippen molar-refractivity contribution in [1.29, 1.82) is 0 Å². The standard InChI is InChI=1S/C22H14N2O4/c25-22-15-6-3-5-13(15)14-9-8-12(10-18(14)28-22)26-21-20-19(23-11-24-21)16-4-1-2-7-17(16)27-20/h1-2,4,7-11H,3,5-6H2. The van der Waals surface area contributed by atoms with Crippen molar-refractivity contribution in [3.05, 3.63) is 70.3 Å². The van der Waals surface area contributed by atoms with Gasteiger partial charge in [0.1, 0.15) is 28.8 Å². The summed E-state index contributed by atoms with van der Waals surface area (Å²) in [6.45, 7) is 0. The van der Waals surface area contributed by atoms with Gasteiger partial charge in [-0.1, -0.05) is 12.1 Å². The van der Waals surface area contributed by atoms with Crippen molar-refractivity contribution in [2.45, 2.75) is 19.3 Å². The molecule has 1 aliphatic carbocycles. The van der Waals surface area contributed by atoms with Crippen LogP contribution in [0.25, 0.3) is 33.0 Å². The van der Waals surface area contributed by atoms with Crippen LogP contribution in [0.3, 0.4) is 0 Å². The van der Waals surface area contributed by atoms with Gasteiger partial charge >= 0.3 is 5.63 Å². The molecule has 0 spiro atoms. The number of furan rings is 1. The van der Waals surface area contributed by atoms with Gasteiger partial charge in [-0.3, -0.25) is 0 Å². The van der Waals surface area contributed by atoms with Gasteiger partial charge in [0.2, 0.25) is 5.58 Å². The van der Waals surface area contributed by atoms with Crippen LogP contribution >= 0.6 is 0 Å². The van der Waals surface area contributed by atoms with Crippen molar-refractivity contribution in [2.75, 3.05) is 0 Å². The summed E-state index contributed by atoms with van der Waals surface area (Å²) in [5.74, 6) is 0.845. The zero-order valence-corrected chi connectivity index (χ0v) is 14.8. The van der Waals surface area contributed by atoms with Crippen molar-refractivity contribution in [3.63, 3.8) is 0 Å². The highest BCUT2D eigenvalue weighted by Crippen LogP contribution is 2.35. The molecule has 0 aliphatic heterocycles. The monoisotopic (exact) mass is 370 g/mol. The molecular weight excluding hydrogens is 356 g/mol. The highest BCUT2D eigenvalue weighted by molar-refractivity contribution is 6.03. The maximum atomic E-state index is 12.2. The molecular formula is C22H14N2O4. The van der Waals surface area contributed by atoms with E-state index in [1.165, 1.54) is 6.33 Å². The minimum absolute atomic E-state index is 0.251. The van der Waals surface area contributed by atoms with E-state index in [1.807, 2.05) is 36.4 Å². The molecule has 6 heteroatoms. The lowest BCUT2D eigenvalue weighted by molar-refractivity contribution is 0.454. The van der Waals surface area contributed by atoms with Crippen molar-refractivity contribution in [3.8, 4) is 11.6 Å². The summed E-state index contributed by atoms with van der Waals surface area (Å²) in [5.41, 5.74) is 4.09. The molecule has 0 bridgehead atoms. The highest BCUT2D eigenvalue weighted by atomic mass is 16.5. The number of ether oxygens (including phenoxy) is 1. The second-order valence-electron chi connectivity index (χ2n) is 6.91. The molecule has 0 N–H and O–H groups in total. The number of rotatable bonds is 2. The van der Waals surface area contributed by atoms with E-state index in [0.717, 1.165) is 46.7 Å². The Labute approximate surface area is 158 Å². The van der Waals surface area contributed by atoms with Crippen LogP contribution in [0, 0.1) is 0 Å². The van der Waals surface area contributed by atoms with Crippen LogP contribution in [-0.4, -0.2) is 9.97 Å². The molecule has 0 radical (unpaired) electrons. The van der Waals surface area contributed by atoms with Crippen molar-refractivity contribution >= 4 is 33.0 Å². The molecule has 0 saturated carbocycles. The smallest absolute Gasteiger partial charge is 0.339 e. The van der Waals surface area contributed by atoms with Crippen LogP contribution in [-0.2, 0) is 12.8 Å². The van der Waals surface area contributed by atoms with Gasteiger partial charge in [0.25, 0.3) is 5.88 Å². The number of nitrogens with zero attached hydrogens (tertiary/aromatic N) is 2. The Hall–Kier alpha value is -3.67. The first-order valence-corrected chi connectivity index (χ1v) is 9.16. The number of benzene rings is 2. The van der Waals surface area contributed by atoms with Gasteiger partial charge in [-0.05, 0) is 49.1 Å². The zero-order valence-electron chi connectivity index (χ0n) is 14.8. The van der Waals surface area contributed by atoms with E-state index in [2.05, 4.69) is 9.97 Å². The Morgan fingerprint density at radius 1 is 0.893 bits per heavy atom. The minimum atomic E-state index is -0.251. The molecule has 6 rings (SSSR count). The van der Waals surface area contributed by atoms with E-state index in [-0.39, 0.29) is 5.63 Å². The molecule has 0 saturated heterocycles. The summed E-state index contributed by atoms with van der Waals surface area (Å²) in [7, 11) is 0. The van der Waals surface area contributed by atoms with Gasteiger partial charge < -0.3 is 13.6 Å². The number of fused-ring (bicyclic) bond motifs is 6. The number of aromatic nitrogens is 2. The molecule has 136 valence electrons. The lowest BCUT2D eigenvalue weighted by Crippen LogP contribution is -2.06. The fraction of sp³-hybridized carbons (Fsp3) is 0.136. The first kappa shape index (κ1) is 15.4. The second-order valence-corrected chi connectivity index (χ2v) is 6.91. The predicted octanol–water partition coefficient (Wildman–Crippen LogP) is 4.76. The Balaban J connectivity index is 1.48. The molecule has 3 heterocycles. The molecule has 0 atom stereocenters. The zero-order chi connectivity index (χ0) is 18.7. The van der Waals surface area contributed by atoms with Crippen molar-refractivity contribution in [1.82, 2.24) is 9.97 Å². The highest BCUT2D eigenvalue weighted by Gasteiger charge is 2.20. The van der Waals surface area contributed by atoms with Crippen LogP contribution < -0.4 is 10.4 Å². The van der Waals surface area contributed by atoms with E-state index in [0.29, 0.717) is 28.3 Å². The SMILES string of the molecule is O=c1oc2cc(Oc3ncnc4c3oc3ccccc34)ccc2c2c1CCC2. The topological polar surface area (TPSA) is 78.4 Å². The van der Waals surface area contributed by atoms with Crippen LogP contribution in [0.5, 0.6) is 11.6 Å². The molecule has 0 fully saturated rings. The molecule has 0 unspecified atom stereocenters. The van der Waals surface area contributed by atoms with E-state index in [1.54, 1.807) is 6.07 Å². The number of hydrogen-bond donors (Lipinski definition) is 0. The predicted molar refractivity (Wildman–Crippen MR) is 104 cm³/mol. The quantitative estimate of drug-likeness (QED) is 0.417. The van der Waals surface area contributed by atoms with E-state index < -0.39 is 0 Å². The molecule has 0 amide bonds. The number of para-hydroxylation sites is 1. The van der Waals surface area contributed by atoms with Gasteiger partial charge in [-0.15, -0.1) is 0 Å². The lowest BCUT2D eigenvalue weighted by atomic mass is 10.1. The Morgan fingerprint density at radius 3 is 2.75 bits per heavy atom. The lowest BCUT2D eigenvalue weighted by Gasteiger charge is -2.07. The van der Waals surface area contributed by atoms with Crippen LogP contribution in [0.2, 0.25) is 0 Å². The van der Waals surface area contributed by atoms with Gasteiger partial charge in [0, 0.05) is 22.4 Å². The third kappa shape index (κ3) is 2.18. The Morgan fingerprint density at radius 2 is 1.79 bits per heavy atom. The third-order valence-electron chi connectivity index (χ3n) is 5.28. The molecule has 2 aromatic carbocycles. The van der Waals surface area contributed by atoms with Gasteiger partial charge in [0.15, 0.2) is 0 Å². The average Bonchev–Trinajstić information content (AvgIpc) is 3.34. The number of hydrogen-bond acceptors (Lipinski definition) is 6. The van der Waals surface area contributed by atoms with Crippen molar-refractivity contribution < 1.29 is 13.6 Å². The van der Waals surface area contributed by atoms with E-state index in [9.17, 15) is 4.79 Å². The minimum Gasteiger partial charge on any atom is -0.449 e. The summed E-state index contributed by atoms with van der Waals surface area (Å²) in [6.07, 6.45) is 4.14. The number of aryl methyl sites for hydroxylation is 1. The second kappa shape index (κ2) is 5.66. The molecule has 1 aliphatic rings. The maximum Gasteiger partial charge on any atom is 0.339 e. The van der Waals surface area contributed by atoms with Crippen LogP contribution in [0.4, 0.5) is 0 Å². The fourth-order valence-corrected chi connectivity index (χ4v) is 4.01. The van der Waals surface area contributed by atoms with Crippen molar-refractivity contribution in [2.24, 2.45) is 0 Å². The maximum absolute atomic E-state index is 12.2. The molecule has 6 nitrogen and oxygen atoms in total. The van der Waals surface area contributed by atoms with Gasteiger partial charge in [-0.25, -0.2) is 9.78 Å².